The van der Waals surface area contributed by atoms with Gasteiger partial charge in [0.25, 0.3) is 0 Å². The number of furan rings is 1. The maximum Gasteiger partial charge on any atom is 0.240 e. The zero-order chi connectivity index (χ0) is 16.1. The molecule has 5 aromatic rings. The summed E-state index contributed by atoms with van der Waals surface area (Å²) in [7, 11) is 0. The van der Waals surface area contributed by atoms with Crippen LogP contribution in [0.3, 0.4) is 0 Å². The van der Waals surface area contributed by atoms with Crippen molar-refractivity contribution in [2.75, 3.05) is 5.73 Å². The van der Waals surface area contributed by atoms with Gasteiger partial charge in [0.15, 0.2) is 0 Å². The number of anilines is 1. The van der Waals surface area contributed by atoms with Gasteiger partial charge in [-0.25, -0.2) is 4.98 Å². The number of nitrogen functional groups attached to an aromatic ring is 1. The molecule has 5 rings (SSSR count). The molecule has 5 nitrogen and oxygen atoms in total. The summed E-state index contributed by atoms with van der Waals surface area (Å²) in [4.78, 5) is 4.19. The highest BCUT2D eigenvalue weighted by molar-refractivity contribution is 6.09. The van der Waals surface area contributed by atoms with E-state index in [0.29, 0.717) is 5.52 Å². The van der Waals surface area contributed by atoms with Crippen LogP contribution in [0.1, 0.15) is 0 Å². The molecule has 2 aromatic heterocycles. The van der Waals surface area contributed by atoms with E-state index in [0.717, 1.165) is 38.6 Å². The van der Waals surface area contributed by atoms with E-state index in [9.17, 15) is 0 Å². The van der Waals surface area contributed by atoms with E-state index in [2.05, 4.69) is 27.3 Å². The predicted molar refractivity (Wildman–Crippen MR) is 94.5 cm³/mol. The van der Waals surface area contributed by atoms with Crippen molar-refractivity contribution in [3.05, 3.63) is 60.7 Å². The van der Waals surface area contributed by atoms with Crippen molar-refractivity contribution >= 4 is 38.9 Å². The molecule has 0 amide bonds. The number of aromatic nitrogens is 3. The lowest BCUT2D eigenvalue weighted by Crippen LogP contribution is -1.97. The average Bonchev–Trinajstić information content (AvgIpc) is 3.00. The van der Waals surface area contributed by atoms with Gasteiger partial charge in [-0.2, -0.15) is 0 Å². The summed E-state index contributed by atoms with van der Waals surface area (Å²) in [6.07, 6.45) is 0. The van der Waals surface area contributed by atoms with E-state index in [-0.39, 0.29) is 5.95 Å². The topological polar surface area (TPSA) is 77.8 Å². The summed E-state index contributed by atoms with van der Waals surface area (Å²) < 4.78 is 6.10. The molecule has 0 saturated carbocycles. The quantitative estimate of drug-likeness (QED) is 0.502. The Morgan fingerprint density at radius 3 is 2.62 bits per heavy atom. The van der Waals surface area contributed by atoms with Gasteiger partial charge in [0.1, 0.15) is 16.7 Å². The minimum atomic E-state index is 0.176. The lowest BCUT2D eigenvalue weighted by molar-refractivity contribution is 0.670. The number of hydrogen-bond acceptors (Lipinski definition) is 5. The van der Waals surface area contributed by atoms with Crippen LogP contribution in [0.15, 0.2) is 65.1 Å². The molecule has 0 aliphatic carbocycles. The number of nitrogens with two attached hydrogens (primary N) is 1. The zero-order valence-corrected chi connectivity index (χ0v) is 12.6. The van der Waals surface area contributed by atoms with Crippen molar-refractivity contribution in [2.45, 2.75) is 0 Å². The van der Waals surface area contributed by atoms with Gasteiger partial charge in [0.05, 0.1) is 5.52 Å². The first-order chi connectivity index (χ1) is 11.8. The third-order valence-corrected chi connectivity index (χ3v) is 4.19. The van der Waals surface area contributed by atoms with E-state index in [1.165, 1.54) is 0 Å². The third kappa shape index (κ3) is 1.85. The summed E-state index contributed by atoms with van der Waals surface area (Å²) in [6, 6.07) is 20.1. The Bertz CT molecular complexity index is 1230. The molecule has 24 heavy (non-hydrogen) atoms. The number of fused-ring (bicyclic) bond motifs is 4. The van der Waals surface area contributed by atoms with Crippen molar-refractivity contribution in [1.82, 2.24) is 15.2 Å². The fraction of sp³-hybridized carbons (Fsp3) is 0. The number of benzene rings is 3. The second-order valence-electron chi connectivity index (χ2n) is 5.65. The molecule has 0 aliphatic rings. The van der Waals surface area contributed by atoms with E-state index in [4.69, 9.17) is 10.2 Å². The summed E-state index contributed by atoms with van der Waals surface area (Å²) in [6.45, 7) is 0. The fourth-order valence-electron chi connectivity index (χ4n) is 3.09. The number of nitrogens with zero attached hydrogens (tertiary/aromatic N) is 3. The zero-order valence-electron chi connectivity index (χ0n) is 12.6. The van der Waals surface area contributed by atoms with Crippen molar-refractivity contribution in [3.8, 4) is 11.1 Å². The number of para-hydroxylation sites is 2. The van der Waals surface area contributed by atoms with Gasteiger partial charge in [0.2, 0.25) is 5.95 Å². The first-order valence-electron chi connectivity index (χ1n) is 7.60. The Balaban J connectivity index is 1.81. The van der Waals surface area contributed by atoms with Crippen molar-refractivity contribution in [3.63, 3.8) is 0 Å². The molecule has 0 fully saturated rings. The molecule has 0 saturated heterocycles. The Morgan fingerprint density at radius 2 is 1.67 bits per heavy atom. The van der Waals surface area contributed by atoms with E-state index < -0.39 is 0 Å². The summed E-state index contributed by atoms with van der Waals surface area (Å²) >= 11 is 0. The maximum absolute atomic E-state index is 6.10. The van der Waals surface area contributed by atoms with Crippen LogP contribution in [0, 0.1) is 0 Å². The fourth-order valence-corrected chi connectivity index (χ4v) is 3.09. The highest BCUT2D eigenvalue weighted by Gasteiger charge is 2.12. The number of hydrogen-bond donors (Lipinski definition) is 1. The lowest BCUT2D eigenvalue weighted by atomic mass is 10.0. The molecule has 114 valence electrons. The largest absolute Gasteiger partial charge is 0.455 e. The Hall–Kier alpha value is -3.47. The molecule has 0 unspecified atom stereocenters. The van der Waals surface area contributed by atoms with Crippen LogP contribution in [-0.4, -0.2) is 15.2 Å². The van der Waals surface area contributed by atoms with Gasteiger partial charge >= 0.3 is 0 Å². The van der Waals surface area contributed by atoms with Gasteiger partial charge in [0, 0.05) is 16.3 Å². The van der Waals surface area contributed by atoms with Crippen LogP contribution < -0.4 is 5.73 Å². The van der Waals surface area contributed by atoms with Crippen LogP contribution in [0.25, 0.3) is 44.1 Å². The van der Waals surface area contributed by atoms with Gasteiger partial charge < -0.3 is 10.2 Å². The molecule has 0 bridgehead atoms. The Kier molecular flexibility index (Phi) is 2.58. The molecule has 0 radical (unpaired) electrons. The van der Waals surface area contributed by atoms with Gasteiger partial charge in [-0.3, -0.25) is 0 Å². The molecule has 2 N–H and O–H groups in total. The van der Waals surface area contributed by atoms with E-state index in [1.54, 1.807) is 0 Å². The molecule has 0 aliphatic heterocycles. The lowest BCUT2D eigenvalue weighted by Gasteiger charge is -2.04. The van der Waals surface area contributed by atoms with E-state index >= 15 is 0 Å². The second kappa shape index (κ2) is 4.76. The molecule has 0 atom stereocenters. The van der Waals surface area contributed by atoms with Crippen LogP contribution in [0.2, 0.25) is 0 Å². The van der Waals surface area contributed by atoms with Gasteiger partial charge in [-0.1, -0.05) is 42.5 Å². The molecule has 5 heteroatoms. The van der Waals surface area contributed by atoms with Crippen LogP contribution in [-0.2, 0) is 0 Å². The molecule has 3 aromatic carbocycles. The maximum atomic E-state index is 6.10. The second-order valence-corrected chi connectivity index (χ2v) is 5.65. The van der Waals surface area contributed by atoms with Gasteiger partial charge in [-0.05, 0) is 23.8 Å². The first-order valence-corrected chi connectivity index (χ1v) is 7.60. The molecular weight excluding hydrogens is 300 g/mol. The monoisotopic (exact) mass is 312 g/mol. The van der Waals surface area contributed by atoms with E-state index in [1.807, 2.05) is 48.5 Å². The molecular formula is C19H12N4O. The third-order valence-electron chi connectivity index (χ3n) is 4.19. The molecule has 0 spiro atoms. The van der Waals surface area contributed by atoms with Crippen molar-refractivity contribution in [2.24, 2.45) is 0 Å². The normalized spacial score (nSPS) is 11.5. The molecule has 2 heterocycles. The Labute approximate surface area is 136 Å². The Morgan fingerprint density at radius 1 is 0.792 bits per heavy atom. The standard InChI is InChI=1S/C19H12N4O/c20-19-21-15-9-8-11(10-16(15)22-23-19)12-5-3-6-14-13-4-1-2-7-17(13)24-18(12)14/h1-10H,(H2,20,21,23). The highest BCUT2D eigenvalue weighted by atomic mass is 16.3. The van der Waals surface area contributed by atoms with Gasteiger partial charge in [-0.15, -0.1) is 10.2 Å². The number of rotatable bonds is 1. The van der Waals surface area contributed by atoms with Crippen LogP contribution >= 0.6 is 0 Å². The SMILES string of the molecule is Nc1nnc2cc(-c3cccc4c3oc3ccccc34)ccc2n1. The minimum absolute atomic E-state index is 0.176. The smallest absolute Gasteiger partial charge is 0.240 e. The van der Waals surface area contributed by atoms with Crippen molar-refractivity contribution < 1.29 is 4.42 Å². The predicted octanol–water partition coefficient (Wildman–Crippen LogP) is 4.17. The van der Waals surface area contributed by atoms with Crippen LogP contribution in [0.4, 0.5) is 5.95 Å². The summed E-state index contributed by atoms with van der Waals surface area (Å²) in [5, 5.41) is 10.2. The van der Waals surface area contributed by atoms with Crippen LogP contribution in [0.5, 0.6) is 0 Å². The summed E-state index contributed by atoms with van der Waals surface area (Å²) in [5.41, 5.74) is 10.8. The average molecular weight is 312 g/mol. The first kappa shape index (κ1) is 13.0. The minimum Gasteiger partial charge on any atom is -0.455 e. The summed E-state index contributed by atoms with van der Waals surface area (Å²) in [5.74, 6) is 0.176. The van der Waals surface area contributed by atoms with Crippen molar-refractivity contribution in [1.29, 1.82) is 0 Å². The highest BCUT2D eigenvalue weighted by Crippen LogP contribution is 2.36.